The second-order valence-corrected chi connectivity index (χ2v) is 7.05. The van der Waals surface area contributed by atoms with E-state index in [9.17, 15) is 26.3 Å². The van der Waals surface area contributed by atoms with Crippen LogP contribution in [0.1, 0.15) is 11.1 Å². The van der Waals surface area contributed by atoms with Crippen LogP contribution in [0.4, 0.5) is 37.7 Å². The molecule has 0 spiro atoms. The molecule has 28 heavy (non-hydrogen) atoms. The van der Waals surface area contributed by atoms with Gasteiger partial charge in [-0.25, -0.2) is 0 Å². The molecule has 0 bridgehead atoms. The molecule has 1 aliphatic heterocycles. The highest BCUT2D eigenvalue weighted by atomic mass is 35.5. The lowest BCUT2D eigenvalue weighted by Gasteiger charge is -2.36. The zero-order chi connectivity index (χ0) is 20.7. The van der Waals surface area contributed by atoms with Crippen LogP contribution in [0.5, 0.6) is 0 Å². The fraction of sp³-hybridized carbons (Fsp3) is 0.222. The molecular formula is C18H12Cl2F6N2. The SMILES string of the molecule is FC(F)(F)c1cc(Cl)cc(N2C=C(Cl)CN(c3cccc(C(F)(F)F)c3)C2)c1. The molecule has 0 amide bonds. The molecule has 0 saturated heterocycles. The van der Waals surface area contributed by atoms with E-state index in [1.807, 2.05) is 0 Å². The van der Waals surface area contributed by atoms with E-state index in [0.29, 0.717) is 0 Å². The van der Waals surface area contributed by atoms with Gasteiger partial charge in [-0.15, -0.1) is 0 Å². The molecule has 1 heterocycles. The summed E-state index contributed by atoms with van der Waals surface area (Å²) in [5.41, 5.74) is -1.40. The van der Waals surface area contributed by atoms with Gasteiger partial charge in [-0.05, 0) is 36.4 Å². The van der Waals surface area contributed by atoms with Gasteiger partial charge in [-0.3, -0.25) is 0 Å². The molecule has 0 aliphatic carbocycles. The molecule has 0 atom stereocenters. The van der Waals surface area contributed by atoms with Gasteiger partial charge in [-0.2, -0.15) is 26.3 Å². The van der Waals surface area contributed by atoms with Gasteiger partial charge in [0.2, 0.25) is 0 Å². The number of anilines is 2. The molecule has 2 aromatic carbocycles. The second-order valence-electron chi connectivity index (χ2n) is 6.13. The number of nitrogens with zero attached hydrogens (tertiary/aromatic N) is 2. The molecule has 0 fully saturated rings. The van der Waals surface area contributed by atoms with Gasteiger partial charge in [-0.1, -0.05) is 29.3 Å². The number of rotatable bonds is 2. The van der Waals surface area contributed by atoms with Crippen LogP contribution in [-0.4, -0.2) is 13.2 Å². The molecule has 0 radical (unpaired) electrons. The molecule has 10 heteroatoms. The monoisotopic (exact) mass is 440 g/mol. The number of alkyl halides is 6. The Labute approximate surface area is 166 Å². The van der Waals surface area contributed by atoms with E-state index in [-0.39, 0.29) is 34.6 Å². The summed E-state index contributed by atoms with van der Waals surface area (Å²) in [6.07, 6.45) is -7.68. The molecule has 0 saturated carbocycles. The van der Waals surface area contributed by atoms with Crippen molar-refractivity contribution in [2.24, 2.45) is 0 Å². The van der Waals surface area contributed by atoms with Crippen LogP contribution in [0.25, 0.3) is 0 Å². The Kier molecular flexibility index (Phi) is 5.46. The first-order valence-corrected chi connectivity index (χ1v) is 8.62. The minimum atomic E-state index is -4.59. The maximum absolute atomic E-state index is 13.1. The minimum Gasteiger partial charge on any atom is -0.348 e. The van der Waals surface area contributed by atoms with E-state index in [4.69, 9.17) is 23.2 Å². The summed E-state index contributed by atoms with van der Waals surface area (Å²) in [7, 11) is 0. The molecule has 0 N–H and O–H groups in total. The number of hydrogen-bond acceptors (Lipinski definition) is 2. The molecule has 150 valence electrons. The smallest absolute Gasteiger partial charge is 0.348 e. The lowest BCUT2D eigenvalue weighted by Crippen LogP contribution is -2.40. The molecule has 2 nitrogen and oxygen atoms in total. The van der Waals surface area contributed by atoms with Gasteiger partial charge < -0.3 is 9.80 Å². The summed E-state index contributed by atoms with van der Waals surface area (Å²) in [5.74, 6) is 0. The van der Waals surface area contributed by atoms with Crippen LogP contribution in [0.3, 0.4) is 0 Å². The lowest BCUT2D eigenvalue weighted by atomic mass is 10.1. The number of benzene rings is 2. The number of hydrogen-bond donors (Lipinski definition) is 0. The fourth-order valence-electron chi connectivity index (χ4n) is 2.78. The van der Waals surface area contributed by atoms with E-state index < -0.39 is 23.5 Å². The standard InChI is InChI=1S/C18H12Cl2F6N2/c19-13-4-12(18(24,25)26)6-16(7-13)28-9-14(20)8-27(10-28)15-3-1-2-11(5-15)17(21,22)23/h1-7,9H,8,10H2. The Morgan fingerprint density at radius 3 is 2.07 bits per heavy atom. The zero-order valence-electron chi connectivity index (χ0n) is 14.0. The van der Waals surface area contributed by atoms with Gasteiger partial charge in [0.05, 0.1) is 29.4 Å². The maximum atomic E-state index is 13.1. The summed E-state index contributed by atoms with van der Waals surface area (Å²) in [6, 6.07) is 7.67. The van der Waals surface area contributed by atoms with Gasteiger partial charge in [0.25, 0.3) is 0 Å². The van der Waals surface area contributed by atoms with Gasteiger partial charge in [0, 0.05) is 22.6 Å². The van der Waals surface area contributed by atoms with E-state index in [1.165, 1.54) is 34.2 Å². The zero-order valence-corrected chi connectivity index (χ0v) is 15.5. The summed E-state index contributed by atoms with van der Waals surface area (Å²) >= 11 is 11.9. The summed E-state index contributed by atoms with van der Waals surface area (Å²) < 4.78 is 78.1. The Morgan fingerprint density at radius 2 is 1.43 bits per heavy atom. The predicted octanol–water partition coefficient (Wildman–Crippen LogP) is 6.74. The fourth-order valence-corrected chi connectivity index (χ4v) is 3.27. The van der Waals surface area contributed by atoms with E-state index in [2.05, 4.69) is 0 Å². The van der Waals surface area contributed by atoms with Crippen LogP contribution in [0.15, 0.2) is 53.7 Å². The van der Waals surface area contributed by atoms with Crippen LogP contribution in [0, 0.1) is 0 Å². The second kappa shape index (κ2) is 7.40. The van der Waals surface area contributed by atoms with Crippen LogP contribution >= 0.6 is 23.2 Å². The third-order valence-corrected chi connectivity index (χ3v) is 4.48. The highest BCUT2D eigenvalue weighted by molar-refractivity contribution is 6.31. The van der Waals surface area contributed by atoms with Gasteiger partial charge >= 0.3 is 12.4 Å². The van der Waals surface area contributed by atoms with Gasteiger partial charge in [0.1, 0.15) is 0 Å². The number of halogens is 8. The summed E-state index contributed by atoms with van der Waals surface area (Å²) in [6.45, 7) is 0.112. The van der Waals surface area contributed by atoms with Crippen LogP contribution in [-0.2, 0) is 12.4 Å². The van der Waals surface area contributed by atoms with Crippen molar-refractivity contribution in [3.63, 3.8) is 0 Å². The first-order chi connectivity index (χ1) is 12.9. The van der Waals surface area contributed by atoms with Crippen molar-refractivity contribution in [2.45, 2.75) is 12.4 Å². The maximum Gasteiger partial charge on any atom is 0.416 e. The molecule has 0 unspecified atom stereocenters. The largest absolute Gasteiger partial charge is 0.416 e. The van der Waals surface area contributed by atoms with Crippen molar-refractivity contribution in [3.8, 4) is 0 Å². The molecule has 0 aromatic heterocycles. The Balaban J connectivity index is 1.94. The molecule has 2 aromatic rings. The normalized spacial score (nSPS) is 15.6. The Morgan fingerprint density at radius 1 is 0.786 bits per heavy atom. The third-order valence-electron chi connectivity index (χ3n) is 4.04. The quantitative estimate of drug-likeness (QED) is 0.477. The Hall–Kier alpha value is -2.06. The van der Waals surface area contributed by atoms with Crippen molar-refractivity contribution in [2.75, 3.05) is 23.0 Å². The minimum absolute atomic E-state index is 0.00479. The highest BCUT2D eigenvalue weighted by Gasteiger charge is 2.33. The summed E-state index contributed by atoms with van der Waals surface area (Å²) in [5, 5.41) is 0.128. The van der Waals surface area contributed by atoms with Crippen LogP contribution < -0.4 is 9.80 Å². The first-order valence-electron chi connectivity index (χ1n) is 7.86. The average Bonchev–Trinajstić information content (AvgIpc) is 2.59. The van der Waals surface area contributed by atoms with Crippen molar-refractivity contribution in [1.29, 1.82) is 0 Å². The molecular weight excluding hydrogens is 429 g/mol. The first kappa shape index (κ1) is 20.7. The van der Waals surface area contributed by atoms with Crippen molar-refractivity contribution in [1.82, 2.24) is 0 Å². The van der Waals surface area contributed by atoms with E-state index in [1.54, 1.807) is 0 Å². The molecule has 3 rings (SSSR count). The topological polar surface area (TPSA) is 6.48 Å². The van der Waals surface area contributed by atoms with Crippen molar-refractivity contribution in [3.05, 3.63) is 69.8 Å². The molecule has 1 aliphatic rings. The van der Waals surface area contributed by atoms with Crippen LogP contribution in [0.2, 0.25) is 5.02 Å². The summed E-state index contributed by atoms with van der Waals surface area (Å²) in [4.78, 5) is 2.92. The van der Waals surface area contributed by atoms with Crippen molar-refractivity contribution < 1.29 is 26.3 Å². The van der Waals surface area contributed by atoms with Crippen molar-refractivity contribution >= 4 is 34.6 Å². The third kappa shape index (κ3) is 4.67. The predicted molar refractivity (Wildman–Crippen MR) is 96.5 cm³/mol. The Bertz CT molecular complexity index is 908. The highest BCUT2D eigenvalue weighted by Crippen LogP contribution is 2.36. The lowest BCUT2D eigenvalue weighted by molar-refractivity contribution is -0.138. The van der Waals surface area contributed by atoms with Gasteiger partial charge in [0.15, 0.2) is 0 Å². The van der Waals surface area contributed by atoms with E-state index >= 15 is 0 Å². The average molecular weight is 441 g/mol. The van der Waals surface area contributed by atoms with E-state index in [0.717, 1.165) is 24.3 Å².